The maximum atomic E-state index is 14.6. The van der Waals surface area contributed by atoms with Crippen molar-refractivity contribution in [3.8, 4) is 0 Å². The Morgan fingerprint density at radius 2 is 0.785 bits per heavy atom. The lowest BCUT2D eigenvalue weighted by molar-refractivity contribution is -0.126. The minimum atomic E-state index is -4.20. The molecule has 7 nitrogen and oxygen atoms in total. The van der Waals surface area contributed by atoms with E-state index in [1.54, 1.807) is 85.8 Å². The van der Waals surface area contributed by atoms with E-state index in [0.717, 1.165) is 0 Å². The molecule has 0 aliphatic carbocycles. The van der Waals surface area contributed by atoms with Crippen LogP contribution in [0.2, 0.25) is 10.0 Å². The fraction of sp³-hybridized carbons (Fsp3) is 0.389. The van der Waals surface area contributed by atoms with E-state index in [2.05, 4.69) is 298 Å². The van der Waals surface area contributed by atoms with Crippen molar-refractivity contribution in [2.75, 3.05) is 33.3 Å². The standard InChI is InChI=1S/C31H33Cl2N3O4S.C5H73P61/c1-19(2)17-26(30(34)37)35-31(38)25-15-16-27(21-11-13-23(32)14-12-21)36(29(25)22-8-6-9-24(33)18-22)41(39,40)28-10-5-4-7-20(28)3;1-35(2)52(36(3)4)60(51(33)34)64(59(49(29)30)50(31)32)66(63(57(45(21)22)46(23)24)58(47(25)26)48(27)28)65(61(53(37(5)6)38(7)8)54(39(9)10)40(11)12)62(55(41(13)14)42(15)16)56(43(17)18)44(19)20/h4-15,18-19,26-27,29H,16-17H2,1-3H3,(H2,34,37)(H,35,38);6-34H2,1-5H3/t26-,27?,29-;/m0./s1. The second kappa shape index (κ2) is 63.2. The zero-order valence-electron chi connectivity index (χ0n) is 59.1. The van der Waals surface area contributed by atoms with Crippen LogP contribution in [0.25, 0.3) is 0 Å². The van der Waals surface area contributed by atoms with E-state index in [0.29, 0.717) is 33.2 Å². The summed E-state index contributed by atoms with van der Waals surface area (Å²) in [6.45, 7) is 12.7. The Balaban J connectivity index is 0.000000614. The number of hydrogen-bond donors (Lipinski definition) is 2. The van der Waals surface area contributed by atoms with Gasteiger partial charge in [-0.05, 0) is 309 Å². The summed E-state index contributed by atoms with van der Waals surface area (Å²) in [4.78, 5) is 26.2. The molecule has 1 aliphatic heterocycles. The third-order valence-electron chi connectivity index (χ3n) is 13.2. The highest BCUT2D eigenvalue weighted by Crippen LogP contribution is 3.49. The molecule has 3 aromatic rings. The van der Waals surface area contributed by atoms with Crippen LogP contribution < -0.4 is 11.1 Å². The number of rotatable bonds is 40. The molecule has 0 saturated heterocycles. The molecule has 3 aromatic carbocycles. The summed E-state index contributed by atoms with van der Waals surface area (Å²) in [5.74, 6) is -1.14. The number of aryl methyl sites for hydroxylation is 1. The molecule has 1 heterocycles. The lowest BCUT2D eigenvalue weighted by Crippen LogP contribution is -2.49. The molecule has 0 aromatic heterocycles. The zero-order chi connectivity index (χ0) is 82.4. The van der Waals surface area contributed by atoms with E-state index in [1.807, 2.05) is 13.8 Å². The largest absolute Gasteiger partial charge is 0.368 e. The molecule has 0 radical (unpaired) electrons. The van der Waals surface area contributed by atoms with Gasteiger partial charge in [0, 0.05) is 15.6 Å². The molecule has 3 N–H and O–H groups in total. The first-order valence-corrected chi connectivity index (χ1v) is 145. The summed E-state index contributed by atoms with van der Waals surface area (Å²) in [6, 6.07) is 17.9. The Morgan fingerprint density at radius 3 is 1.09 bits per heavy atom. The molecule has 39 atom stereocenters. The topological polar surface area (TPSA) is 110 Å². The molecule has 4 rings (SSSR count). The Kier molecular flexibility index (Phi) is 73.3. The van der Waals surface area contributed by atoms with Crippen LogP contribution in [0.3, 0.4) is 0 Å². The van der Waals surface area contributed by atoms with Crippen LogP contribution in [0.1, 0.15) is 55.5 Å². The third kappa shape index (κ3) is 39.0. The van der Waals surface area contributed by atoms with E-state index >= 15 is 0 Å². The lowest BCUT2D eigenvalue weighted by atomic mass is 9.88. The number of sulfonamides is 1. The van der Waals surface area contributed by atoms with Gasteiger partial charge in [-0.15, -0.1) is 259 Å². The molecule has 37 unspecified atom stereocenters. The normalized spacial score (nSPS) is 17.9. The van der Waals surface area contributed by atoms with E-state index in [4.69, 9.17) is 28.9 Å². The van der Waals surface area contributed by atoms with E-state index < -0.39 is 40.0 Å². The van der Waals surface area contributed by atoms with E-state index in [-0.39, 0.29) is 248 Å². The monoisotopic (exact) mass is 2640 g/mol. The van der Waals surface area contributed by atoms with Crippen LogP contribution in [-0.4, -0.2) is 63.9 Å². The number of carbonyl (C=O) groups is 2. The smallest absolute Gasteiger partial charge is 0.249 e. The zero-order valence-corrected chi connectivity index (χ0v) is 124. The molecule has 0 spiro atoms. The van der Waals surface area contributed by atoms with Gasteiger partial charge >= 0.3 is 0 Å². The summed E-state index contributed by atoms with van der Waals surface area (Å²) in [7, 11) is 101. The van der Waals surface area contributed by atoms with Crippen molar-refractivity contribution in [1.82, 2.24) is 9.62 Å². The van der Waals surface area contributed by atoms with Gasteiger partial charge < -0.3 is 11.1 Å². The van der Waals surface area contributed by atoms with Gasteiger partial charge in [0.1, 0.15) is 6.04 Å². The number of halogens is 2. The molecule has 0 saturated carbocycles. The number of nitrogens with zero attached hydrogens (tertiary/aromatic N) is 1. The summed E-state index contributed by atoms with van der Waals surface area (Å²) in [5, 5.41) is 3.67. The van der Waals surface area contributed by atoms with Crippen LogP contribution >= 0.6 is 507 Å². The number of carbonyl (C=O) groups excluding carboxylic acids is 2. The van der Waals surface area contributed by atoms with Gasteiger partial charge in [-0.1, -0.05) is 108 Å². The van der Waals surface area contributed by atoms with Crippen molar-refractivity contribution in [2.45, 2.75) is 56.6 Å². The van der Waals surface area contributed by atoms with Crippen LogP contribution in [0.4, 0.5) is 0 Å². The molecule has 614 valence electrons. The van der Waals surface area contributed by atoms with Crippen molar-refractivity contribution in [3.63, 3.8) is 0 Å². The van der Waals surface area contributed by atoms with Gasteiger partial charge in [-0.2, -0.15) is 4.31 Å². The average Bonchev–Trinajstić information content (AvgIpc) is 0.752. The van der Waals surface area contributed by atoms with Gasteiger partial charge in [0.05, 0.1) is 17.0 Å². The average molecular weight is 2640 g/mol. The predicted octanol–water partition coefficient (Wildman–Crippen LogP) is 44.0. The number of primary amides is 1. The summed E-state index contributed by atoms with van der Waals surface area (Å²) in [5.41, 5.74) is 7.59. The van der Waals surface area contributed by atoms with Crippen LogP contribution in [0.15, 0.2) is 89.3 Å². The molecule has 71 heteroatoms. The van der Waals surface area contributed by atoms with Crippen molar-refractivity contribution in [2.24, 2.45) is 11.7 Å². The van der Waals surface area contributed by atoms with Crippen LogP contribution in [0, 0.1) is 12.8 Å². The van der Waals surface area contributed by atoms with Gasteiger partial charge in [-0.25, -0.2) is 8.42 Å². The van der Waals surface area contributed by atoms with Crippen LogP contribution in [-0.2, 0) is 19.6 Å². The second-order valence-corrected chi connectivity index (χ2v) is 283. The first-order valence-electron chi connectivity index (χ1n) is 29.2. The van der Waals surface area contributed by atoms with Gasteiger partial charge in [-0.3, -0.25) is 9.59 Å². The fourth-order valence-electron chi connectivity index (χ4n) is 9.61. The molecule has 107 heavy (non-hydrogen) atoms. The molecular formula is C36H106Cl2N3O4P61S. The van der Waals surface area contributed by atoms with Crippen molar-refractivity contribution >= 4 is 529 Å². The molecule has 2 amide bonds. The highest BCUT2D eigenvalue weighted by Gasteiger charge is 2.63. The number of benzene rings is 3. The molecule has 1 aliphatic rings. The summed E-state index contributed by atoms with van der Waals surface area (Å²) in [6.07, 6.45) is 2.28. The van der Waals surface area contributed by atoms with Gasteiger partial charge in [0.15, 0.2) is 0 Å². The maximum Gasteiger partial charge on any atom is 0.249 e. The van der Waals surface area contributed by atoms with Crippen molar-refractivity contribution in [1.29, 1.82) is 0 Å². The Labute approximate surface area is 759 Å². The molecular weight excluding hydrogens is 2530 g/mol. The highest BCUT2D eigenvalue weighted by atomic mass is 35.5. The lowest BCUT2D eigenvalue weighted by Gasteiger charge is -2.61. The van der Waals surface area contributed by atoms with Crippen molar-refractivity contribution in [3.05, 3.63) is 111 Å². The minimum Gasteiger partial charge on any atom is -0.368 e. The molecule has 0 fully saturated rings. The quantitative estimate of drug-likeness (QED) is 0.0553. The van der Waals surface area contributed by atoms with Crippen LogP contribution in [0.5, 0.6) is 0 Å². The first kappa shape index (κ1) is 124. The Bertz CT molecular complexity index is 3170. The van der Waals surface area contributed by atoms with E-state index in [1.165, 1.54) is 4.31 Å². The first-order chi connectivity index (χ1) is 49.4. The number of nitrogens with two attached hydrogens (primary N) is 1. The van der Waals surface area contributed by atoms with E-state index in [9.17, 15) is 18.0 Å². The summed E-state index contributed by atoms with van der Waals surface area (Å²) >= 11 is 12.5. The second-order valence-electron chi connectivity index (χ2n) is 22.2. The Hall–Kier alpha value is 23.1. The number of amides is 2. The summed E-state index contributed by atoms with van der Waals surface area (Å²) < 4.78 is 30.6. The fourth-order valence-corrected chi connectivity index (χ4v) is 925. The van der Waals surface area contributed by atoms with Gasteiger partial charge in [0.2, 0.25) is 21.8 Å². The minimum absolute atomic E-state index is 0.0307. The highest BCUT2D eigenvalue weighted by molar-refractivity contribution is 9.55. The van der Waals surface area contributed by atoms with Gasteiger partial charge in [0.25, 0.3) is 0 Å². The predicted molar refractivity (Wildman–Crippen MR) is 695 cm³/mol. The Morgan fingerprint density at radius 1 is 0.449 bits per heavy atom. The number of nitrogens with one attached hydrogen (secondary N) is 1. The van der Waals surface area contributed by atoms with Crippen molar-refractivity contribution < 1.29 is 18.0 Å². The SMILES string of the molecule is CP(C)P(P(C)C)P(P(P)P)P(P(P(P)P)P(P)P)P(P(P(P(P)P)P(P)P)P(P(P)P)P(P)P)P(P(P(P(C)P)P(P)P)P(P(P)P)P(P)P)P(P(P(P)P)P(P)P)P(P(P)P)P(P)P.Cc1ccccc1S(=O)(=O)N1C(c2ccc(Cl)cc2)CC=C(C(=O)N[C@@H](CC(C)C)C(N)=O)[C@@H]1c1cccc(Cl)c1. The number of hydrogen-bond acceptors (Lipinski definition) is 4. The maximum absolute atomic E-state index is 14.6. The molecule has 0 bridgehead atoms. The third-order valence-corrected chi connectivity index (χ3v) is 458.